The third-order valence-electron chi connectivity index (χ3n) is 2.88. The van der Waals surface area contributed by atoms with Crippen molar-refractivity contribution in [3.8, 4) is 11.8 Å². The summed E-state index contributed by atoms with van der Waals surface area (Å²) in [5.74, 6) is 3.42. The predicted octanol–water partition coefficient (Wildman–Crippen LogP) is 2.90. The fourth-order valence-corrected chi connectivity index (χ4v) is 1.82. The lowest BCUT2D eigenvalue weighted by atomic mass is 10.1. The zero-order chi connectivity index (χ0) is 17.9. The van der Waals surface area contributed by atoms with Crippen molar-refractivity contribution in [2.75, 3.05) is 0 Å². The van der Waals surface area contributed by atoms with E-state index in [0.29, 0.717) is 11.1 Å². The van der Waals surface area contributed by atoms with Crippen LogP contribution in [0.25, 0.3) is 11.0 Å². The number of alkyl halides is 3. The Bertz CT molecular complexity index is 930. The highest BCUT2D eigenvalue weighted by Crippen LogP contribution is 2.16. The summed E-state index contributed by atoms with van der Waals surface area (Å²) in [6, 6.07) is 5.66. The number of rotatable bonds is 2. The molecule has 2 aromatic rings. The van der Waals surface area contributed by atoms with Crippen LogP contribution >= 0.6 is 0 Å². The van der Waals surface area contributed by atoms with Gasteiger partial charge in [0.15, 0.2) is 5.43 Å². The Morgan fingerprint density at radius 3 is 2.67 bits per heavy atom. The second-order valence-electron chi connectivity index (χ2n) is 5.00. The van der Waals surface area contributed by atoms with Gasteiger partial charge in [0.25, 0.3) is 0 Å². The van der Waals surface area contributed by atoms with Gasteiger partial charge in [-0.05, 0) is 30.7 Å². The standard InChI is InChI=1S/C17H12F3NO3/c1-10(2)3-4-11-5-6-15-13(7-11)14(22)8-12(24-15)9-21-16(23)17(18,19)20/h5-8H,1,9H2,2H3,(H,21,23). The Morgan fingerprint density at radius 1 is 1.33 bits per heavy atom. The number of carbonyl (C=O) groups excluding carboxylic acids is 1. The molecule has 1 aromatic heterocycles. The van der Waals surface area contributed by atoms with Crippen LogP contribution in [0.15, 0.2) is 45.6 Å². The molecule has 0 unspecified atom stereocenters. The molecule has 0 spiro atoms. The average Bonchev–Trinajstić information content (AvgIpc) is 2.49. The molecule has 1 N–H and O–H groups in total. The van der Waals surface area contributed by atoms with Crippen molar-refractivity contribution >= 4 is 16.9 Å². The van der Waals surface area contributed by atoms with E-state index in [2.05, 4.69) is 18.4 Å². The van der Waals surface area contributed by atoms with Crippen molar-refractivity contribution < 1.29 is 22.4 Å². The molecule has 0 bridgehead atoms. The van der Waals surface area contributed by atoms with Gasteiger partial charge in [0.2, 0.25) is 0 Å². The van der Waals surface area contributed by atoms with Gasteiger partial charge in [-0.25, -0.2) is 0 Å². The molecule has 4 nitrogen and oxygen atoms in total. The zero-order valence-electron chi connectivity index (χ0n) is 12.6. The van der Waals surface area contributed by atoms with Crippen LogP contribution in [0, 0.1) is 11.8 Å². The summed E-state index contributed by atoms with van der Waals surface area (Å²) in [6.45, 7) is 4.84. The van der Waals surface area contributed by atoms with Crippen LogP contribution in [0.5, 0.6) is 0 Å². The lowest BCUT2D eigenvalue weighted by molar-refractivity contribution is -0.173. The van der Waals surface area contributed by atoms with Gasteiger partial charge in [-0.3, -0.25) is 9.59 Å². The number of hydrogen-bond donors (Lipinski definition) is 1. The topological polar surface area (TPSA) is 59.3 Å². The molecule has 0 aliphatic rings. The minimum atomic E-state index is -4.99. The molecule has 0 fully saturated rings. The lowest BCUT2D eigenvalue weighted by Crippen LogP contribution is -2.36. The molecule has 124 valence electrons. The molecule has 0 saturated heterocycles. The molecule has 1 heterocycles. The van der Waals surface area contributed by atoms with Crippen LogP contribution < -0.4 is 10.7 Å². The number of carbonyl (C=O) groups is 1. The fourth-order valence-electron chi connectivity index (χ4n) is 1.82. The minimum Gasteiger partial charge on any atom is -0.459 e. The molecular weight excluding hydrogens is 323 g/mol. The molecule has 0 atom stereocenters. The van der Waals surface area contributed by atoms with E-state index in [1.165, 1.54) is 12.1 Å². The highest BCUT2D eigenvalue weighted by molar-refractivity contribution is 5.81. The number of amides is 1. The lowest BCUT2D eigenvalue weighted by Gasteiger charge is -2.07. The number of benzene rings is 1. The Hall–Kier alpha value is -3.01. The molecule has 0 aliphatic heterocycles. The maximum absolute atomic E-state index is 12.1. The molecule has 1 amide bonds. The first kappa shape index (κ1) is 17.3. The van der Waals surface area contributed by atoms with Gasteiger partial charge in [0.05, 0.1) is 11.9 Å². The van der Waals surface area contributed by atoms with E-state index >= 15 is 0 Å². The second kappa shape index (κ2) is 6.62. The number of allylic oxidation sites excluding steroid dienone is 1. The molecule has 24 heavy (non-hydrogen) atoms. The molecule has 7 heteroatoms. The molecule has 0 radical (unpaired) electrons. The van der Waals surface area contributed by atoms with E-state index in [0.717, 1.165) is 6.07 Å². The van der Waals surface area contributed by atoms with Crippen LogP contribution in [0.1, 0.15) is 18.2 Å². The molecule has 0 aliphatic carbocycles. The molecule has 0 saturated carbocycles. The van der Waals surface area contributed by atoms with Crippen molar-refractivity contribution in [1.82, 2.24) is 5.32 Å². The largest absolute Gasteiger partial charge is 0.471 e. The van der Waals surface area contributed by atoms with E-state index in [1.54, 1.807) is 18.3 Å². The molecule has 2 rings (SSSR count). The highest BCUT2D eigenvalue weighted by atomic mass is 19.4. The van der Waals surface area contributed by atoms with Crippen molar-refractivity contribution in [3.05, 3.63) is 58.0 Å². The monoisotopic (exact) mass is 335 g/mol. The molecular formula is C17H12F3NO3. The van der Waals surface area contributed by atoms with Gasteiger partial charge < -0.3 is 9.73 Å². The highest BCUT2D eigenvalue weighted by Gasteiger charge is 2.38. The first-order chi connectivity index (χ1) is 11.2. The number of hydrogen-bond acceptors (Lipinski definition) is 3. The van der Waals surface area contributed by atoms with Gasteiger partial charge >= 0.3 is 12.1 Å². The number of nitrogens with one attached hydrogen (secondary N) is 1. The van der Waals surface area contributed by atoms with Gasteiger partial charge in [-0.15, -0.1) is 0 Å². The summed E-state index contributed by atoms with van der Waals surface area (Å²) in [6.07, 6.45) is -4.99. The maximum atomic E-state index is 12.1. The fraction of sp³-hybridized carbons (Fsp3) is 0.176. The van der Waals surface area contributed by atoms with Crippen LogP contribution in [0.3, 0.4) is 0 Å². The quantitative estimate of drug-likeness (QED) is 0.859. The van der Waals surface area contributed by atoms with Gasteiger partial charge in [-0.2, -0.15) is 13.2 Å². The summed E-state index contributed by atoms with van der Waals surface area (Å²) in [5.41, 5.74) is 1.000. The van der Waals surface area contributed by atoms with Crippen molar-refractivity contribution in [2.45, 2.75) is 19.6 Å². The smallest absolute Gasteiger partial charge is 0.459 e. The third-order valence-corrected chi connectivity index (χ3v) is 2.88. The van der Waals surface area contributed by atoms with Gasteiger partial charge in [-0.1, -0.05) is 18.4 Å². The predicted molar refractivity (Wildman–Crippen MR) is 82.1 cm³/mol. The van der Waals surface area contributed by atoms with E-state index in [1.807, 2.05) is 0 Å². The van der Waals surface area contributed by atoms with Crippen LogP contribution in [0.4, 0.5) is 13.2 Å². The second-order valence-corrected chi connectivity index (χ2v) is 5.00. The SMILES string of the molecule is C=C(C)C#Cc1ccc2oc(CNC(=O)C(F)(F)F)cc(=O)c2c1. The van der Waals surface area contributed by atoms with Gasteiger partial charge in [0.1, 0.15) is 11.3 Å². The van der Waals surface area contributed by atoms with Crippen molar-refractivity contribution in [2.24, 2.45) is 0 Å². The third kappa shape index (κ3) is 4.26. The normalized spacial score (nSPS) is 10.8. The van der Waals surface area contributed by atoms with Crippen LogP contribution in [0.2, 0.25) is 0 Å². The van der Waals surface area contributed by atoms with Gasteiger partial charge in [0, 0.05) is 11.6 Å². The van der Waals surface area contributed by atoms with E-state index < -0.39 is 24.1 Å². The summed E-state index contributed by atoms with van der Waals surface area (Å²) in [5, 5.41) is 1.89. The van der Waals surface area contributed by atoms with E-state index in [9.17, 15) is 22.8 Å². The van der Waals surface area contributed by atoms with Crippen molar-refractivity contribution in [3.63, 3.8) is 0 Å². The number of halogens is 3. The first-order valence-electron chi connectivity index (χ1n) is 6.76. The Kier molecular flexibility index (Phi) is 4.79. The van der Waals surface area contributed by atoms with E-state index in [4.69, 9.17) is 4.42 Å². The summed E-state index contributed by atoms with van der Waals surface area (Å²) >= 11 is 0. The minimum absolute atomic E-state index is 0.0779. The summed E-state index contributed by atoms with van der Waals surface area (Å²) in [7, 11) is 0. The van der Waals surface area contributed by atoms with Crippen LogP contribution in [-0.4, -0.2) is 12.1 Å². The Balaban J connectivity index is 2.30. The van der Waals surface area contributed by atoms with Crippen LogP contribution in [-0.2, 0) is 11.3 Å². The average molecular weight is 335 g/mol. The number of fused-ring (bicyclic) bond motifs is 1. The zero-order valence-corrected chi connectivity index (χ0v) is 12.6. The summed E-state index contributed by atoms with van der Waals surface area (Å²) in [4.78, 5) is 22.9. The maximum Gasteiger partial charge on any atom is 0.471 e. The van der Waals surface area contributed by atoms with E-state index in [-0.39, 0.29) is 16.7 Å². The van der Waals surface area contributed by atoms with Crippen molar-refractivity contribution in [1.29, 1.82) is 0 Å². The Labute approximate surface area is 135 Å². The summed E-state index contributed by atoms with van der Waals surface area (Å²) < 4.78 is 41.7. The molecule has 1 aromatic carbocycles. The Morgan fingerprint density at radius 2 is 2.04 bits per heavy atom. The first-order valence-corrected chi connectivity index (χ1v) is 6.76.